The Balaban J connectivity index is 3.43. The van der Waals surface area contributed by atoms with Crippen molar-refractivity contribution in [3.8, 4) is 0 Å². The predicted octanol–water partition coefficient (Wildman–Crippen LogP) is 2.68. The van der Waals surface area contributed by atoms with Gasteiger partial charge in [-0.05, 0) is 43.4 Å². The second kappa shape index (κ2) is 6.46. The van der Waals surface area contributed by atoms with Gasteiger partial charge >= 0.3 is 0 Å². The van der Waals surface area contributed by atoms with E-state index in [4.69, 9.17) is 5.11 Å². The first kappa shape index (κ1) is 18.1. The van der Waals surface area contributed by atoms with Gasteiger partial charge in [0.25, 0.3) is 0 Å². The summed E-state index contributed by atoms with van der Waals surface area (Å²) in [4.78, 5) is 0.331. The molecule has 0 radical (unpaired) electrons. The van der Waals surface area contributed by atoms with Gasteiger partial charge in [0.05, 0.1) is 11.5 Å². The van der Waals surface area contributed by atoms with E-state index in [2.05, 4.69) is 20.8 Å². The van der Waals surface area contributed by atoms with Crippen LogP contribution < -0.4 is 0 Å². The molecule has 0 aromatic heterocycles. The fourth-order valence-electron chi connectivity index (χ4n) is 2.23. The van der Waals surface area contributed by atoms with Crippen LogP contribution in [0.4, 0.5) is 0 Å². The van der Waals surface area contributed by atoms with E-state index in [9.17, 15) is 8.42 Å². The standard InChI is InChI=1S/C16H27NO3S/c1-12(2)17(9-10-18)21(19,20)15-11-14(16(4,5)6)8-7-13(15)3/h7-8,11-12,18H,9-10H2,1-6H3. The van der Waals surface area contributed by atoms with E-state index in [0.29, 0.717) is 4.90 Å². The Kier molecular flexibility index (Phi) is 5.58. The lowest BCUT2D eigenvalue weighted by atomic mass is 9.87. The molecule has 0 atom stereocenters. The van der Waals surface area contributed by atoms with Crippen LogP contribution >= 0.6 is 0 Å². The minimum Gasteiger partial charge on any atom is -0.395 e. The highest BCUT2D eigenvalue weighted by Crippen LogP contribution is 2.28. The average molecular weight is 313 g/mol. The van der Waals surface area contributed by atoms with Gasteiger partial charge in [-0.25, -0.2) is 8.42 Å². The Labute approximate surface area is 128 Å². The molecule has 0 fully saturated rings. The minimum atomic E-state index is -3.60. The van der Waals surface area contributed by atoms with E-state index in [1.165, 1.54) is 4.31 Å². The molecule has 0 bridgehead atoms. The molecular weight excluding hydrogens is 286 g/mol. The Bertz CT molecular complexity index is 586. The molecule has 5 heteroatoms. The first-order valence-electron chi connectivity index (χ1n) is 7.25. The van der Waals surface area contributed by atoms with Gasteiger partial charge in [0, 0.05) is 12.6 Å². The lowest BCUT2D eigenvalue weighted by Crippen LogP contribution is -2.39. The summed E-state index contributed by atoms with van der Waals surface area (Å²) in [6.07, 6.45) is 0. The predicted molar refractivity (Wildman–Crippen MR) is 86.0 cm³/mol. The zero-order valence-electron chi connectivity index (χ0n) is 13.8. The molecular formula is C16H27NO3S. The van der Waals surface area contributed by atoms with Crippen molar-refractivity contribution < 1.29 is 13.5 Å². The number of aryl methyl sites for hydroxylation is 1. The maximum Gasteiger partial charge on any atom is 0.243 e. The zero-order valence-corrected chi connectivity index (χ0v) is 14.7. The average Bonchev–Trinajstić information content (AvgIpc) is 2.34. The highest BCUT2D eigenvalue weighted by molar-refractivity contribution is 7.89. The van der Waals surface area contributed by atoms with Crippen LogP contribution in [-0.4, -0.2) is 37.0 Å². The van der Waals surface area contributed by atoms with Gasteiger partial charge in [-0.2, -0.15) is 4.31 Å². The summed E-state index contributed by atoms with van der Waals surface area (Å²) in [6.45, 7) is 11.5. The third kappa shape index (κ3) is 4.05. The van der Waals surface area contributed by atoms with Crippen molar-refractivity contribution in [2.75, 3.05) is 13.2 Å². The zero-order chi connectivity index (χ0) is 16.4. The van der Waals surface area contributed by atoms with Crippen molar-refractivity contribution in [3.05, 3.63) is 29.3 Å². The molecule has 0 spiro atoms. The van der Waals surface area contributed by atoms with Crippen LogP contribution in [-0.2, 0) is 15.4 Å². The number of hydrogen-bond donors (Lipinski definition) is 1. The minimum absolute atomic E-state index is 0.110. The number of aliphatic hydroxyl groups is 1. The van der Waals surface area contributed by atoms with Crippen LogP contribution in [0.5, 0.6) is 0 Å². The van der Waals surface area contributed by atoms with E-state index >= 15 is 0 Å². The Hall–Kier alpha value is -0.910. The summed E-state index contributed by atoms with van der Waals surface area (Å²) in [5.74, 6) is 0. The molecule has 0 saturated heterocycles. The Morgan fingerprint density at radius 3 is 2.24 bits per heavy atom. The van der Waals surface area contributed by atoms with Crippen LogP contribution in [0.15, 0.2) is 23.1 Å². The quantitative estimate of drug-likeness (QED) is 0.909. The summed E-state index contributed by atoms with van der Waals surface area (Å²) in [5.41, 5.74) is 1.60. The molecule has 0 saturated carbocycles. The van der Waals surface area contributed by atoms with Crippen LogP contribution in [0.1, 0.15) is 45.7 Å². The number of hydrogen-bond acceptors (Lipinski definition) is 3. The number of nitrogens with zero attached hydrogens (tertiary/aromatic N) is 1. The van der Waals surface area contributed by atoms with Gasteiger partial charge in [0.2, 0.25) is 10.0 Å². The topological polar surface area (TPSA) is 57.6 Å². The molecule has 4 nitrogen and oxygen atoms in total. The largest absolute Gasteiger partial charge is 0.395 e. The van der Waals surface area contributed by atoms with Crippen molar-refractivity contribution in [2.24, 2.45) is 0 Å². The number of aliphatic hydroxyl groups excluding tert-OH is 1. The van der Waals surface area contributed by atoms with Crippen LogP contribution in [0.2, 0.25) is 0 Å². The van der Waals surface area contributed by atoms with Crippen molar-refractivity contribution in [1.29, 1.82) is 0 Å². The molecule has 1 N–H and O–H groups in total. The van der Waals surface area contributed by atoms with E-state index < -0.39 is 10.0 Å². The summed E-state index contributed by atoms with van der Waals surface area (Å²) in [6, 6.07) is 5.39. The van der Waals surface area contributed by atoms with Crippen molar-refractivity contribution >= 4 is 10.0 Å². The number of sulfonamides is 1. The second-order valence-corrected chi connectivity index (χ2v) is 8.52. The fourth-order valence-corrected chi connectivity index (χ4v) is 4.11. The van der Waals surface area contributed by atoms with E-state index in [0.717, 1.165) is 11.1 Å². The lowest BCUT2D eigenvalue weighted by molar-refractivity contribution is 0.236. The van der Waals surface area contributed by atoms with Gasteiger partial charge in [-0.1, -0.05) is 32.9 Å². The summed E-state index contributed by atoms with van der Waals surface area (Å²) >= 11 is 0. The van der Waals surface area contributed by atoms with E-state index in [1.54, 1.807) is 13.0 Å². The van der Waals surface area contributed by atoms with Crippen LogP contribution in [0.3, 0.4) is 0 Å². The monoisotopic (exact) mass is 313 g/mol. The third-order valence-corrected chi connectivity index (χ3v) is 5.75. The highest BCUT2D eigenvalue weighted by Gasteiger charge is 2.29. The van der Waals surface area contributed by atoms with Gasteiger partial charge in [-0.3, -0.25) is 0 Å². The normalized spacial score (nSPS) is 13.2. The molecule has 0 aliphatic heterocycles. The molecule has 1 aromatic rings. The van der Waals surface area contributed by atoms with Crippen LogP contribution in [0, 0.1) is 6.92 Å². The van der Waals surface area contributed by atoms with E-state index in [1.807, 2.05) is 26.0 Å². The first-order valence-corrected chi connectivity index (χ1v) is 8.69. The van der Waals surface area contributed by atoms with Crippen molar-refractivity contribution in [3.63, 3.8) is 0 Å². The first-order chi connectivity index (χ1) is 9.51. The fraction of sp³-hybridized carbons (Fsp3) is 0.625. The van der Waals surface area contributed by atoms with Gasteiger partial charge < -0.3 is 5.11 Å². The van der Waals surface area contributed by atoms with Gasteiger partial charge in [0.1, 0.15) is 0 Å². The molecule has 0 unspecified atom stereocenters. The Morgan fingerprint density at radius 2 is 1.81 bits per heavy atom. The molecule has 120 valence electrons. The molecule has 0 aliphatic rings. The summed E-state index contributed by atoms with van der Waals surface area (Å²) in [7, 11) is -3.60. The highest BCUT2D eigenvalue weighted by atomic mass is 32.2. The number of rotatable bonds is 5. The maximum atomic E-state index is 12.9. The molecule has 21 heavy (non-hydrogen) atoms. The smallest absolute Gasteiger partial charge is 0.243 e. The third-order valence-electron chi connectivity index (χ3n) is 3.54. The van der Waals surface area contributed by atoms with Gasteiger partial charge in [0.15, 0.2) is 0 Å². The molecule has 1 aromatic carbocycles. The molecule has 1 rings (SSSR count). The van der Waals surface area contributed by atoms with Crippen molar-refractivity contribution in [1.82, 2.24) is 4.31 Å². The van der Waals surface area contributed by atoms with E-state index in [-0.39, 0.29) is 24.6 Å². The maximum absolute atomic E-state index is 12.9. The van der Waals surface area contributed by atoms with Crippen LogP contribution in [0.25, 0.3) is 0 Å². The molecule has 0 aliphatic carbocycles. The number of benzene rings is 1. The van der Waals surface area contributed by atoms with Gasteiger partial charge in [-0.15, -0.1) is 0 Å². The second-order valence-electron chi connectivity index (χ2n) is 6.66. The summed E-state index contributed by atoms with van der Waals surface area (Å²) < 4.78 is 27.1. The Morgan fingerprint density at radius 1 is 1.24 bits per heavy atom. The molecule has 0 heterocycles. The molecule has 0 amide bonds. The summed E-state index contributed by atoms with van der Waals surface area (Å²) in [5, 5.41) is 9.14. The SMILES string of the molecule is Cc1ccc(C(C)(C)C)cc1S(=O)(=O)N(CCO)C(C)C. The lowest BCUT2D eigenvalue weighted by Gasteiger charge is -2.27. The van der Waals surface area contributed by atoms with Crippen molar-refractivity contribution in [2.45, 2.75) is 57.9 Å².